The summed E-state index contributed by atoms with van der Waals surface area (Å²) in [6, 6.07) is 20.6. The lowest BCUT2D eigenvalue weighted by atomic mass is 10.0. The number of pyridine rings is 1. The van der Waals surface area contributed by atoms with Crippen molar-refractivity contribution < 1.29 is 23.8 Å². The molecule has 3 aromatic rings. The van der Waals surface area contributed by atoms with Gasteiger partial charge in [0.15, 0.2) is 17.1 Å². The van der Waals surface area contributed by atoms with Crippen molar-refractivity contribution >= 4 is 12.0 Å². The number of amides is 2. The van der Waals surface area contributed by atoms with Gasteiger partial charge in [0.2, 0.25) is 0 Å². The van der Waals surface area contributed by atoms with E-state index in [2.05, 4.69) is 4.98 Å². The quantitative estimate of drug-likeness (QED) is 0.518. The van der Waals surface area contributed by atoms with E-state index in [1.54, 1.807) is 41.3 Å². The van der Waals surface area contributed by atoms with Crippen molar-refractivity contribution in [3.63, 3.8) is 0 Å². The zero-order valence-corrected chi connectivity index (χ0v) is 19.6. The van der Waals surface area contributed by atoms with E-state index in [0.717, 1.165) is 11.3 Å². The van der Waals surface area contributed by atoms with Gasteiger partial charge in [0.05, 0.1) is 25.9 Å². The van der Waals surface area contributed by atoms with Gasteiger partial charge in [-0.2, -0.15) is 0 Å². The molecule has 2 fully saturated rings. The second kappa shape index (κ2) is 9.66. The highest BCUT2D eigenvalue weighted by Gasteiger charge is 2.50. The predicted octanol–water partition coefficient (Wildman–Crippen LogP) is 3.91. The van der Waals surface area contributed by atoms with Gasteiger partial charge >= 0.3 is 6.09 Å². The maximum atomic E-state index is 13.3. The number of nitrogens with zero attached hydrogens (tertiary/aromatic N) is 3. The Bertz CT molecular complexity index is 1200. The molecule has 8 nitrogen and oxygen atoms in total. The average Bonchev–Trinajstić information content (AvgIpc) is 3.44. The Kier molecular flexibility index (Phi) is 6.27. The fourth-order valence-corrected chi connectivity index (χ4v) is 4.59. The third-order valence-electron chi connectivity index (χ3n) is 6.37. The van der Waals surface area contributed by atoms with Crippen LogP contribution in [0.5, 0.6) is 11.5 Å². The first kappa shape index (κ1) is 22.7. The lowest BCUT2D eigenvalue weighted by Crippen LogP contribution is -2.39. The molecule has 8 heteroatoms. The zero-order valence-electron chi connectivity index (χ0n) is 19.6. The average molecular weight is 474 g/mol. The highest BCUT2D eigenvalue weighted by atomic mass is 16.6. The lowest BCUT2D eigenvalue weighted by Gasteiger charge is -2.22. The summed E-state index contributed by atoms with van der Waals surface area (Å²) in [4.78, 5) is 33.5. The summed E-state index contributed by atoms with van der Waals surface area (Å²) in [6.07, 6.45) is 1.99. The SMILES string of the molecule is COc1cc(C(=O)N2CC[C@@]3(CN(Cc4ccccc4)C(=O)O3)C2)ccc1OCc1ccccn1. The summed E-state index contributed by atoms with van der Waals surface area (Å²) in [6.45, 7) is 2.14. The number of hydrogen-bond donors (Lipinski definition) is 0. The standard InChI is InChI=1S/C27H27N3O5/c1-33-24-15-21(10-11-23(24)34-17-22-9-5-6-13-28-22)25(31)29-14-12-27(18-29)19-30(26(32)35-27)16-20-7-3-2-4-8-20/h2-11,13,15H,12,14,16-19H2,1H3/t27-/m0/s1. The van der Waals surface area contributed by atoms with E-state index in [1.807, 2.05) is 48.5 Å². The summed E-state index contributed by atoms with van der Waals surface area (Å²) in [5, 5.41) is 0. The van der Waals surface area contributed by atoms with E-state index in [0.29, 0.717) is 56.3 Å². The van der Waals surface area contributed by atoms with Crippen LogP contribution in [0.15, 0.2) is 72.9 Å². The van der Waals surface area contributed by atoms with Crippen LogP contribution in [0.1, 0.15) is 28.0 Å². The lowest BCUT2D eigenvalue weighted by molar-refractivity contribution is 0.0552. The number of likely N-dealkylation sites (tertiary alicyclic amines) is 1. The number of hydrogen-bond acceptors (Lipinski definition) is 6. The first-order chi connectivity index (χ1) is 17.0. The minimum atomic E-state index is -0.669. The number of aromatic nitrogens is 1. The summed E-state index contributed by atoms with van der Waals surface area (Å²) >= 11 is 0. The molecule has 2 aromatic carbocycles. The molecule has 35 heavy (non-hydrogen) atoms. The highest BCUT2D eigenvalue weighted by Crippen LogP contribution is 2.35. The summed E-state index contributed by atoms with van der Waals surface area (Å²) in [5.74, 6) is 0.880. The van der Waals surface area contributed by atoms with Crippen molar-refractivity contribution in [3.8, 4) is 11.5 Å². The molecule has 1 aromatic heterocycles. The van der Waals surface area contributed by atoms with Crippen LogP contribution >= 0.6 is 0 Å². The maximum absolute atomic E-state index is 13.3. The fourth-order valence-electron chi connectivity index (χ4n) is 4.59. The van der Waals surface area contributed by atoms with Gasteiger partial charge in [0.1, 0.15) is 6.61 Å². The first-order valence-electron chi connectivity index (χ1n) is 11.6. The maximum Gasteiger partial charge on any atom is 0.410 e. The molecule has 3 heterocycles. The van der Waals surface area contributed by atoms with Crippen molar-refractivity contribution in [2.45, 2.75) is 25.2 Å². The molecule has 180 valence electrons. The number of carbonyl (C=O) groups is 2. The highest BCUT2D eigenvalue weighted by molar-refractivity contribution is 5.95. The zero-order chi connectivity index (χ0) is 24.3. The van der Waals surface area contributed by atoms with Crippen molar-refractivity contribution in [2.24, 2.45) is 0 Å². The summed E-state index contributed by atoms with van der Waals surface area (Å²) in [7, 11) is 1.54. The third-order valence-corrected chi connectivity index (χ3v) is 6.37. The van der Waals surface area contributed by atoms with Gasteiger partial charge in [0.25, 0.3) is 5.91 Å². The summed E-state index contributed by atoms with van der Waals surface area (Å²) < 4.78 is 17.1. The molecule has 0 bridgehead atoms. The number of ether oxygens (including phenoxy) is 3. The normalized spacial score (nSPS) is 19.2. The molecule has 2 aliphatic rings. The molecule has 0 N–H and O–H groups in total. The molecule has 1 spiro atoms. The Labute approximate surface area is 204 Å². The molecular formula is C27H27N3O5. The Balaban J connectivity index is 1.23. The van der Waals surface area contributed by atoms with Crippen LogP contribution in [0, 0.1) is 0 Å². The molecule has 2 saturated heterocycles. The number of benzene rings is 2. The number of methoxy groups -OCH3 is 1. The van der Waals surface area contributed by atoms with Crippen LogP contribution in [0.3, 0.4) is 0 Å². The van der Waals surface area contributed by atoms with Gasteiger partial charge in [0, 0.05) is 31.3 Å². The number of carbonyl (C=O) groups excluding carboxylic acids is 2. The topological polar surface area (TPSA) is 81.2 Å². The molecule has 0 radical (unpaired) electrons. The molecule has 0 aliphatic carbocycles. The molecule has 1 atom stereocenters. The van der Waals surface area contributed by atoms with Crippen molar-refractivity contribution in [2.75, 3.05) is 26.7 Å². The van der Waals surface area contributed by atoms with Crippen LogP contribution in [-0.4, -0.2) is 59.1 Å². The number of rotatable bonds is 7. The van der Waals surface area contributed by atoms with Crippen LogP contribution in [-0.2, 0) is 17.9 Å². The van der Waals surface area contributed by atoms with Gasteiger partial charge in [-0.3, -0.25) is 14.7 Å². The van der Waals surface area contributed by atoms with Crippen LogP contribution in [0.2, 0.25) is 0 Å². The Morgan fingerprint density at radius 2 is 1.89 bits per heavy atom. The van der Waals surface area contributed by atoms with E-state index >= 15 is 0 Å². The fraction of sp³-hybridized carbons (Fsp3) is 0.296. The van der Waals surface area contributed by atoms with Crippen LogP contribution in [0.25, 0.3) is 0 Å². The second-order valence-corrected chi connectivity index (χ2v) is 8.84. The predicted molar refractivity (Wildman–Crippen MR) is 128 cm³/mol. The van der Waals surface area contributed by atoms with E-state index in [4.69, 9.17) is 14.2 Å². The molecular weight excluding hydrogens is 446 g/mol. The van der Waals surface area contributed by atoms with Crippen LogP contribution < -0.4 is 9.47 Å². The minimum Gasteiger partial charge on any atom is -0.493 e. The summed E-state index contributed by atoms with van der Waals surface area (Å²) in [5.41, 5.74) is 1.67. The van der Waals surface area contributed by atoms with Gasteiger partial charge < -0.3 is 19.1 Å². The molecule has 0 saturated carbocycles. The van der Waals surface area contributed by atoms with Crippen LogP contribution in [0.4, 0.5) is 4.79 Å². The van der Waals surface area contributed by atoms with Gasteiger partial charge in [-0.15, -0.1) is 0 Å². The van der Waals surface area contributed by atoms with Crippen molar-refractivity contribution in [3.05, 3.63) is 89.7 Å². The monoisotopic (exact) mass is 473 g/mol. The Morgan fingerprint density at radius 1 is 1.06 bits per heavy atom. The van der Waals surface area contributed by atoms with Gasteiger partial charge in [-0.25, -0.2) is 4.79 Å². The van der Waals surface area contributed by atoms with Crippen molar-refractivity contribution in [1.82, 2.24) is 14.8 Å². The van der Waals surface area contributed by atoms with E-state index in [-0.39, 0.29) is 12.0 Å². The molecule has 0 unspecified atom stereocenters. The van der Waals surface area contributed by atoms with E-state index < -0.39 is 5.60 Å². The molecule has 5 rings (SSSR count). The minimum absolute atomic E-state index is 0.131. The van der Waals surface area contributed by atoms with Gasteiger partial charge in [-0.05, 0) is 35.9 Å². The van der Waals surface area contributed by atoms with E-state index in [1.165, 1.54) is 0 Å². The van der Waals surface area contributed by atoms with Crippen molar-refractivity contribution in [1.29, 1.82) is 0 Å². The Morgan fingerprint density at radius 3 is 2.66 bits per heavy atom. The van der Waals surface area contributed by atoms with Gasteiger partial charge in [-0.1, -0.05) is 36.4 Å². The smallest absolute Gasteiger partial charge is 0.410 e. The molecule has 2 amide bonds. The second-order valence-electron chi connectivity index (χ2n) is 8.84. The Hall–Kier alpha value is -4.07. The molecule has 2 aliphatic heterocycles. The largest absolute Gasteiger partial charge is 0.493 e. The van der Waals surface area contributed by atoms with E-state index in [9.17, 15) is 9.59 Å². The third kappa shape index (κ3) is 4.91. The first-order valence-corrected chi connectivity index (χ1v) is 11.6.